The first-order valence-corrected chi connectivity index (χ1v) is 8.98. The van der Waals surface area contributed by atoms with Crippen LogP contribution in [-0.4, -0.2) is 49.8 Å². The normalized spacial score (nSPS) is 11.1. The SMILES string of the molecule is CCCOCCOC(=O)c1cc(/C=N/N=C/c2ccc(OC=O)cc2)ccc1O. The number of hydrogen-bond acceptors (Lipinski definition) is 8. The second-order valence-corrected chi connectivity index (χ2v) is 5.80. The molecule has 0 radical (unpaired) electrons. The summed E-state index contributed by atoms with van der Waals surface area (Å²) in [6.45, 7) is 3.36. The minimum absolute atomic E-state index is 0.0409. The van der Waals surface area contributed by atoms with E-state index >= 15 is 0 Å². The van der Waals surface area contributed by atoms with Crippen LogP contribution in [0.5, 0.6) is 11.5 Å². The van der Waals surface area contributed by atoms with Crippen LogP contribution in [0.2, 0.25) is 0 Å². The quantitative estimate of drug-likeness (QED) is 0.205. The van der Waals surface area contributed by atoms with Gasteiger partial charge < -0.3 is 19.3 Å². The number of phenolic OH excluding ortho intramolecular Hbond substituents is 1. The first-order valence-electron chi connectivity index (χ1n) is 8.98. The summed E-state index contributed by atoms with van der Waals surface area (Å²) in [5.41, 5.74) is 1.38. The molecule has 0 amide bonds. The highest BCUT2D eigenvalue weighted by molar-refractivity contribution is 5.95. The molecule has 0 spiro atoms. The van der Waals surface area contributed by atoms with Gasteiger partial charge in [-0.2, -0.15) is 10.2 Å². The number of carbonyl (C=O) groups is 2. The smallest absolute Gasteiger partial charge is 0.342 e. The topological polar surface area (TPSA) is 107 Å². The first-order chi connectivity index (χ1) is 14.1. The molecule has 0 aliphatic carbocycles. The second-order valence-electron chi connectivity index (χ2n) is 5.80. The molecule has 0 unspecified atom stereocenters. The molecular formula is C21H22N2O6. The first kappa shape index (κ1) is 21.8. The van der Waals surface area contributed by atoms with Gasteiger partial charge in [-0.05, 0) is 60.0 Å². The van der Waals surface area contributed by atoms with E-state index in [1.165, 1.54) is 24.6 Å². The summed E-state index contributed by atoms with van der Waals surface area (Å²) >= 11 is 0. The number of aromatic hydroxyl groups is 1. The van der Waals surface area contributed by atoms with E-state index in [1.54, 1.807) is 30.3 Å². The molecule has 152 valence electrons. The van der Waals surface area contributed by atoms with Gasteiger partial charge in [-0.25, -0.2) is 4.79 Å². The van der Waals surface area contributed by atoms with E-state index in [-0.39, 0.29) is 17.9 Å². The molecule has 2 aromatic carbocycles. The molecule has 0 atom stereocenters. The molecule has 0 aliphatic rings. The maximum atomic E-state index is 12.1. The van der Waals surface area contributed by atoms with Crippen LogP contribution in [0.15, 0.2) is 52.7 Å². The minimum atomic E-state index is -0.640. The van der Waals surface area contributed by atoms with Crippen LogP contribution < -0.4 is 4.74 Å². The van der Waals surface area contributed by atoms with Gasteiger partial charge in [0.15, 0.2) is 0 Å². The minimum Gasteiger partial charge on any atom is -0.507 e. The van der Waals surface area contributed by atoms with Crippen molar-refractivity contribution in [2.75, 3.05) is 19.8 Å². The van der Waals surface area contributed by atoms with Gasteiger partial charge in [0.1, 0.15) is 23.7 Å². The summed E-state index contributed by atoms with van der Waals surface area (Å²) in [5.74, 6) is -0.386. The predicted molar refractivity (Wildman–Crippen MR) is 108 cm³/mol. The van der Waals surface area contributed by atoms with E-state index in [4.69, 9.17) is 14.2 Å². The summed E-state index contributed by atoms with van der Waals surface area (Å²) in [6, 6.07) is 11.2. The van der Waals surface area contributed by atoms with Crippen molar-refractivity contribution >= 4 is 24.9 Å². The molecule has 0 aliphatic heterocycles. The van der Waals surface area contributed by atoms with Crippen molar-refractivity contribution in [1.82, 2.24) is 0 Å². The van der Waals surface area contributed by atoms with Gasteiger partial charge in [0.25, 0.3) is 6.47 Å². The maximum Gasteiger partial charge on any atom is 0.342 e. The molecule has 0 heterocycles. The number of benzene rings is 2. The van der Waals surface area contributed by atoms with Crippen LogP contribution in [0.25, 0.3) is 0 Å². The average molecular weight is 398 g/mol. The Hall–Kier alpha value is -3.52. The zero-order chi connectivity index (χ0) is 20.9. The number of nitrogens with zero attached hydrogens (tertiary/aromatic N) is 2. The van der Waals surface area contributed by atoms with Crippen LogP contribution in [0.1, 0.15) is 34.8 Å². The van der Waals surface area contributed by atoms with Crippen molar-refractivity contribution in [3.8, 4) is 11.5 Å². The molecule has 29 heavy (non-hydrogen) atoms. The molecule has 0 fully saturated rings. The summed E-state index contributed by atoms with van der Waals surface area (Å²) < 4.78 is 15.0. The highest BCUT2D eigenvalue weighted by atomic mass is 16.6. The number of rotatable bonds is 11. The van der Waals surface area contributed by atoms with Crippen molar-refractivity contribution in [2.24, 2.45) is 10.2 Å². The van der Waals surface area contributed by atoms with Gasteiger partial charge >= 0.3 is 5.97 Å². The van der Waals surface area contributed by atoms with Gasteiger partial charge in [-0.3, -0.25) is 4.79 Å². The number of esters is 1. The molecular weight excluding hydrogens is 376 g/mol. The summed E-state index contributed by atoms with van der Waals surface area (Å²) in [6.07, 6.45) is 3.85. The van der Waals surface area contributed by atoms with Crippen LogP contribution >= 0.6 is 0 Å². The van der Waals surface area contributed by atoms with E-state index in [0.29, 0.717) is 31.0 Å². The number of hydrogen-bond donors (Lipinski definition) is 1. The third kappa shape index (κ3) is 7.55. The Morgan fingerprint density at radius 3 is 2.38 bits per heavy atom. The fraction of sp³-hybridized carbons (Fsp3) is 0.238. The number of carbonyl (C=O) groups excluding carboxylic acids is 2. The highest BCUT2D eigenvalue weighted by Gasteiger charge is 2.13. The number of phenols is 1. The van der Waals surface area contributed by atoms with Crippen molar-refractivity contribution in [1.29, 1.82) is 0 Å². The van der Waals surface area contributed by atoms with Crippen molar-refractivity contribution < 1.29 is 28.9 Å². The molecule has 8 nitrogen and oxygen atoms in total. The number of ether oxygens (including phenoxy) is 3. The Labute approximate surface area is 168 Å². The van der Waals surface area contributed by atoms with E-state index in [2.05, 4.69) is 10.2 Å². The van der Waals surface area contributed by atoms with Crippen molar-refractivity contribution in [3.63, 3.8) is 0 Å². The Balaban J connectivity index is 1.94. The fourth-order valence-corrected chi connectivity index (χ4v) is 2.20. The van der Waals surface area contributed by atoms with Gasteiger partial charge in [-0.15, -0.1) is 0 Å². The van der Waals surface area contributed by atoms with Crippen LogP contribution in [0.3, 0.4) is 0 Å². The third-order valence-corrected chi connectivity index (χ3v) is 3.59. The maximum absolute atomic E-state index is 12.1. The fourth-order valence-electron chi connectivity index (χ4n) is 2.20. The predicted octanol–water partition coefficient (Wildman–Crippen LogP) is 2.96. The van der Waals surface area contributed by atoms with E-state index in [9.17, 15) is 14.7 Å². The average Bonchev–Trinajstić information content (AvgIpc) is 2.73. The highest BCUT2D eigenvalue weighted by Crippen LogP contribution is 2.19. The van der Waals surface area contributed by atoms with Gasteiger partial charge in [0, 0.05) is 6.61 Å². The molecule has 8 heteroatoms. The molecule has 0 saturated carbocycles. The third-order valence-electron chi connectivity index (χ3n) is 3.59. The standard InChI is InChI=1S/C21H22N2O6/c1-2-9-27-10-11-28-21(26)19-12-17(5-8-20(19)25)14-23-22-13-16-3-6-18(7-4-16)29-15-24/h3-8,12-15,25H,2,9-11H2,1H3/b22-13+,23-14+. The molecule has 0 aromatic heterocycles. The summed E-state index contributed by atoms with van der Waals surface area (Å²) in [7, 11) is 0. The Morgan fingerprint density at radius 1 is 1.00 bits per heavy atom. The van der Waals surface area contributed by atoms with E-state index in [0.717, 1.165) is 12.0 Å². The molecule has 1 N–H and O–H groups in total. The molecule has 2 rings (SSSR count). The van der Waals surface area contributed by atoms with Gasteiger partial charge in [-0.1, -0.05) is 6.92 Å². The Morgan fingerprint density at radius 2 is 1.69 bits per heavy atom. The lowest BCUT2D eigenvalue weighted by Gasteiger charge is -2.07. The van der Waals surface area contributed by atoms with Gasteiger partial charge in [0.05, 0.1) is 19.0 Å². The lowest BCUT2D eigenvalue weighted by Crippen LogP contribution is -2.11. The Bertz CT molecular complexity index is 862. The lowest BCUT2D eigenvalue weighted by molar-refractivity contribution is -0.120. The lowest BCUT2D eigenvalue weighted by atomic mass is 10.1. The summed E-state index contributed by atoms with van der Waals surface area (Å²) in [5, 5.41) is 17.7. The molecule has 0 bridgehead atoms. The second kappa shape index (κ2) is 12.0. The van der Waals surface area contributed by atoms with E-state index in [1.807, 2.05) is 6.92 Å². The van der Waals surface area contributed by atoms with Crippen LogP contribution in [0.4, 0.5) is 0 Å². The molecule has 2 aromatic rings. The summed E-state index contributed by atoms with van der Waals surface area (Å²) in [4.78, 5) is 22.4. The van der Waals surface area contributed by atoms with Crippen molar-refractivity contribution in [2.45, 2.75) is 13.3 Å². The van der Waals surface area contributed by atoms with Crippen LogP contribution in [0, 0.1) is 0 Å². The zero-order valence-corrected chi connectivity index (χ0v) is 16.0. The molecule has 0 saturated heterocycles. The monoisotopic (exact) mass is 398 g/mol. The van der Waals surface area contributed by atoms with Crippen LogP contribution in [-0.2, 0) is 14.3 Å². The largest absolute Gasteiger partial charge is 0.507 e. The Kier molecular flexibility index (Phi) is 9.04. The van der Waals surface area contributed by atoms with Crippen molar-refractivity contribution in [3.05, 3.63) is 59.2 Å². The zero-order valence-electron chi connectivity index (χ0n) is 16.0. The van der Waals surface area contributed by atoms with Gasteiger partial charge in [0.2, 0.25) is 0 Å². The van der Waals surface area contributed by atoms with E-state index < -0.39 is 5.97 Å².